The number of aryl methyl sites for hydroxylation is 1. The lowest BCUT2D eigenvalue weighted by Gasteiger charge is -2.19. The van der Waals surface area contributed by atoms with Gasteiger partial charge in [0.2, 0.25) is 15.9 Å². The molecule has 6 heteroatoms. The van der Waals surface area contributed by atoms with Crippen molar-refractivity contribution in [2.75, 3.05) is 7.05 Å². The van der Waals surface area contributed by atoms with Gasteiger partial charge in [-0.05, 0) is 38.0 Å². The molecular formula is C13H18FNO3S. The number of hydrogen-bond acceptors (Lipinski definition) is 3. The maximum Gasteiger partial charge on any atom is 0.239 e. The Hall–Kier alpha value is -1.43. The number of carbonyl (C=O) groups is 1. The molecule has 1 aromatic rings. The molecule has 0 aliphatic rings. The van der Waals surface area contributed by atoms with Crippen LogP contribution in [0.15, 0.2) is 24.3 Å². The van der Waals surface area contributed by atoms with Crippen molar-refractivity contribution in [3.05, 3.63) is 35.6 Å². The fourth-order valence-corrected chi connectivity index (χ4v) is 2.57. The standard InChI is InChI=1S/C13H18FNO3S/c1-10(2)19(17,18)15(3)13(16)8-7-11-5-4-6-12(14)9-11/h4-6,9-10H,7-8H2,1-3H3. The molecule has 0 atom stereocenters. The van der Waals surface area contributed by atoms with Crippen molar-refractivity contribution in [3.63, 3.8) is 0 Å². The van der Waals surface area contributed by atoms with E-state index in [1.807, 2.05) is 0 Å². The Morgan fingerprint density at radius 1 is 1.37 bits per heavy atom. The van der Waals surface area contributed by atoms with Crippen LogP contribution in [0.5, 0.6) is 0 Å². The molecule has 1 aromatic carbocycles. The molecule has 4 nitrogen and oxygen atoms in total. The molecule has 0 aliphatic heterocycles. The van der Waals surface area contributed by atoms with E-state index in [1.165, 1.54) is 33.0 Å². The van der Waals surface area contributed by atoms with Crippen LogP contribution in [0.4, 0.5) is 4.39 Å². The van der Waals surface area contributed by atoms with Crippen molar-refractivity contribution in [2.45, 2.75) is 31.9 Å². The highest BCUT2D eigenvalue weighted by Crippen LogP contribution is 2.11. The predicted molar refractivity (Wildman–Crippen MR) is 71.5 cm³/mol. The number of amides is 1. The quantitative estimate of drug-likeness (QED) is 0.832. The van der Waals surface area contributed by atoms with Crippen molar-refractivity contribution < 1.29 is 17.6 Å². The third-order valence-electron chi connectivity index (χ3n) is 2.85. The zero-order valence-electron chi connectivity index (χ0n) is 11.3. The van der Waals surface area contributed by atoms with Crippen LogP contribution in [0.3, 0.4) is 0 Å². The second-order valence-corrected chi connectivity index (χ2v) is 7.11. The van der Waals surface area contributed by atoms with Crippen LogP contribution in [0.2, 0.25) is 0 Å². The summed E-state index contributed by atoms with van der Waals surface area (Å²) in [6.07, 6.45) is 0.348. The minimum absolute atomic E-state index is 0.0336. The minimum Gasteiger partial charge on any atom is -0.274 e. The lowest BCUT2D eigenvalue weighted by atomic mass is 10.1. The van der Waals surface area contributed by atoms with Crippen molar-refractivity contribution in [1.29, 1.82) is 0 Å². The molecule has 106 valence electrons. The summed E-state index contributed by atoms with van der Waals surface area (Å²) in [5, 5.41) is -0.643. The SMILES string of the molecule is CC(C)S(=O)(=O)N(C)C(=O)CCc1cccc(F)c1. The number of hydrogen-bond donors (Lipinski definition) is 0. The molecule has 0 spiro atoms. The first kappa shape index (κ1) is 15.6. The van der Waals surface area contributed by atoms with Crippen LogP contribution in [-0.4, -0.2) is 30.9 Å². The molecule has 0 unspecified atom stereocenters. The first-order chi connectivity index (χ1) is 8.75. The van der Waals surface area contributed by atoms with Crippen LogP contribution in [0.25, 0.3) is 0 Å². The molecule has 0 saturated carbocycles. The number of benzene rings is 1. The summed E-state index contributed by atoms with van der Waals surface area (Å²) in [5.41, 5.74) is 0.670. The predicted octanol–water partition coefficient (Wildman–Crippen LogP) is 1.95. The number of nitrogens with zero attached hydrogens (tertiary/aromatic N) is 1. The highest BCUT2D eigenvalue weighted by Gasteiger charge is 2.26. The van der Waals surface area contributed by atoms with E-state index in [0.29, 0.717) is 12.0 Å². The third-order valence-corrected chi connectivity index (χ3v) is 5.00. The van der Waals surface area contributed by atoms with Crippen LogP contribution < -0.4 is 0 Å². The first-order valence-corrected chi connectivity index (χ1v) is 7.50. The van der Waals surface area contributed by atoms with Gasteiger partial charge in [-0.2, -0.15) is 0 Å². The van der Waals surface area contributed by atoms with E-state index in [1.54, 1.807) is 12.1 Å². The summed E-state index contributed by atoms with van der Waals surface area (Å²) < 4.78 is 37.3. The molecule has 0 radical (unpaired) electrons. The molecule has 0 N–H and O–H groups in total. The number of carbonyl (C=O) groups excluding carboxylic acids is 1. The molecule has 0 aliphatic carbocycles. The highest BCUT2D eigenvalue weighted by molar-refractivity contribution is 7.90. The van der Waals surface area contributed by atoms with Crippen LogP contribution in [0.1, 0.15) is 25.8 Å². The average molecular weight is 287 g/mol. The maximum atomic E-state index is 13.0. The van der Waals surface area contributed by atoms with Gasteiger partial charge >= 0.3 is 0 Å². The van der Waals surface area contributed by atoms with Gasteiger partial charge in [0.05, 0.1) is 5.25 Å². The van der Waals surface area contributed by atoms with Gasteiger partial charge in [0, 0.05) is 13.5 Å². The smallest absolute Gasteiger partial charge is 0.239 e. The van der Waals surface area contributed by atoms with E-state index in [0.717, 1.165) is 4.31 Å². The second kappa shape index (κ2) is 6.14. The molecule has 0 aromatic heterocycles. The summed E-state index contributed by atoms with van der Waals surface area (Å²) in [6.45, 7) is 3.04. The van der Waals surface area contributed by atoms with E-state index in [4.69, 9.17) is 0 Å². The van der Waals surface area contributed by atoms with Crippen molar-refractivity contribution in [1.82, 2.24) is 4.31 Å². The molecular weight excluding hydrogens is 269 g/mol. The fourth-order valence-electron chi connectivity index (χ4n) is 1.56. The van der Waals surface area contributed by atoms with Crippen molar-refractivity contribution >= 4 is 15.9 Å². The Kier molecular flexibility index (Phi) is 5.05. The van der Waals surface area contributed by atoms with E-state index in [2.05, 4.69) is 0 Å². The number of rotatable bonds is 5. The van der Waals surface area contributed by atoms with Gasteiger partial charge in [0.1, 0.15) is 5.82 Å². The monoisotopic (exact) mass is 287 g/mol. The largest absolute Gasteiger partial charge is 0.274 e. The average Bonchev–Trinajstić information content (AvgIpc) is 2.34. The van der Waals surface area contributed by atoms with Gasteiger partial charge in [-0.3, -0.25) is 4.79 Å². The Morgan fingerprint density at radius 2 is 2.00 bits per heavy atom. The van der Waals surface area contributed by atoms with E-state index in [9.17, 15) is 17.6 Å². The Bertz CT molecular complexity index is 555. The zero-order valence-corrected chi connectivity index (χ0v) is 12.1. The van der Waals surface area contributed by atoms with Crippen molar-refractivity contribution in [3.8, 4) is 0 Å². The summed E-state index contributed by atoms with van der Waals surface area (Å²) in [4.78, 5) is 11.8. The minimum atomic E-state index is -3.58. The molecule has 0 bridgehead atoms. The molecule has 0 fully saturated rings. The van der Waals surface area contributed by atoms with Crippen LogP contribution in [0, 0.1) is 5.82 Å². The van der Waals surface area contributed by atoms with Crippen LogP contribution >= 0.6 is 0 Å². The summed E-state index contributed by atoms with van der Waals surface area (Å²) >= 11 is 0. The van der Waals surface area contributed by atoms with E-state index in [-0.39, 0.29) is 12.2 Å². The Balaban J connectivity index is 2.66. The van der Waals surface area contributed by atoms with Gasteiger partial charge in [0.15, 0.2) is 0 Å². The maximum absolute atomic E-state index is 13.0. The zero-order chi connectivity index (χ0) is 14.6. The summed E-state index contributed by atoms with van der Waals surface area (Å²) in [7, 11) is -2.33. The van der Waals surface area contributed by atoms with E-state index < -0.39 is 21.2 Å². The molecule has 1 amide bonds. The highest BCUT2D eigenvalue weighted by atomic mass is 32.2. The number of sulfonamides is 1. The van der Waals surface area contributed by atoms with Gasteiger partial charge in [0.25, 0.3) is 0 Å². The topological polar surface area (TPSA) is 54.5 Å². The Morgan fingerprint density at radius 3 is 2.53 bits per heavy atom. The second-order valence-electron chi connectivity index (χ2n) is 4.58. The molecule has 19 heavy (non-hydrogen) atoms. The van der Waals surface area contributed by atoms with Gasteiger partial charge in [-0.1, -0.05) is 12.1 Å². The van der Waals surface area contributed by atoms with Gasteiger partial charge in [-0.15, -0.1) is 0 Å². The first-order valence-electron chi connectivity index (χ1n) is 6.00. The van der Waals surface area contributed by atoms with Gasteiger partial charge < -0.3 is 0 Å². The molecule has 0 heterocycles. The van der Waals surface area contributed by atoms with Gasteiger partial charge in [-0.25, -0.2) is 17.1 Å². The fraction of sp³-hybridized carbons (Fsp3) is 0.462. The lowest BCUT2D eigenvalue weighted by Crippen LogP contribution is -2.37. The normalized spacial score (nSPS) is 11.6. The molecule has 1 rings (SSSR count). The third kappa shape index (κ3) is 4.02. The summed E-state index contributed by atoms with van der Waals surface area (Å²) in [6, 6.07) is 5.92. The lowest BCUT2D eigenvalue weighted by molar-refractivity contribution is -0.125. The van der Waals surface area contributed by atoms with Crippen LogP contribution in [-0.2, 0) is 21.2 Å². The van der Waals surface area contributed by atoms with Crippen molar-refractivity contribution in [2.24, 2.45) is 0 Å². The van der Waals surface area contributed by atoms with E-state index >= 15 is 0 Å². The molecule has 0 saturated heterocycles. The summed E-state index contributed by atoms with van der Waals surface area (Å²) in [5.74, 6) is -0.855. The Labute approximate surface area is 113 Å². The number of halogens is 1.